The Bertz CT molecular complexity index is 941. The van der Waals surface area contributed by atoms with Crippen LogP contribution in [0.5, 0.6) is 0 Å². The fourth-order valence-corrected chi connectivity index (χ4v) is 7.20. The molecule has 0 radical (unpaired) electrons. The van der Waals surface area contributed by atoms with E-state index in [1.807, 2.05) is 0 Å². The third-order valence-electron chi connectivity index (χ3n) is 6.16. The van der Waals surface area contributed by atoms with Crippen molar-refractivity contribution in [3.8, 4) is 0 Å². The SMILES string of the molecule is C=C.COCCCN(CCN(CP(=O)(O)O)N1CC1)CP(=O)(O)O.O=P(O)(O)CN(CCCCO)CCN(CP(=O)(O)O)N1CC1. The lowest BCUT2D eigenvalue weighted by Gasteiger charge is -2.28. The Kier molecular flexibility index (Phi) is 22.7. The minimum Gasteiger partial charge on any atom is -0.396 e. The molecule has 0 aromatic carbocycles. The van der Waals surface area contributed by atoms with Crippen LogP contribution in [0.4, 0.5) is 0 Å². The molecule has 0 atom stereocenters. The van der Waals surface area contributed by atoms with Gasteiger partial charge in [0.05, 0.1) is 0 Å². The molecule has 2 rings (SSSR count). The number of hydrazine groups is 2. The summed E-state index contributed by atoms with van der Waals surface area (Å²) in [6.07, 6.45) is 0.207. The number of rotatable bonds is 24. The second-order valence-corrected chi connectivity index (χ2v) is 17.1. The Hall–Kier alpha value is 0.0200. The van der Waals surface area contributed by atoms with Gasteiger partial charge in [-0.25, -0.2) is 20.0 Å². The minimum atomic E-state index is -4.20. The number of aliphatic hydroxyl groups is 1. The number of ether oxygens (including phenoxy) is 1. The van der Waals surface area contributed by atoms with Crippen molar-refractivity contribution in [3.63, 3.8) is 0 Å². The highest BCUT2D eigenvalue weighted by Gasteiger charge is 2.32. The minimum absolute atomic E-state index is 0.0157. The molecule has 0 aromatic heterocycles. The molecule has 276 valence electrons. The van der Waals surface area contributed by atoms with Crippen molar-refractivity contribution in [1.29, 1.82) is 0 Å². The zero-order valence-corrected chi connectivity index (χ0v) is 30.0. The van der Waals surface area contributed by atoms with Crippen LogP contribution in [0.1, 0.15) is 19.3 Å². The molecule has 0 unspecified atom stereocenters. The monoisotopic (exact) mass is 750 g/mol. The highest BCUT2D eigenvalue weighted by atomic mass is 31.2. The average Bonchev–Trinajstić information content (AvgIpc) is 3.81. The number of nitrogens with zero attached hydrogens (tertiary/aromatic N) is 6. The van der Waals surface area contributed by atoms with Crippen LogP contribution in [-0.4, -0.2) is 185 Å². The number of unbranched alkanes of at least 4 members (excludes halogenated alkanes) is 1. The summed E-state index contributed by atoms with van der Waals surface area (Å²) in [5.41, 5.74) is 0. The number of hydrogen-bond donors (Lipinski definition) is 9. The van der Waals surface area contributed by atoms with Crippen molar-refractivity contribution in [1.82, 2.24) is 29.8 Å². The molecule has 0 aliphatic carbocycles. The molecular weight excluding hydrogens is 696 g/mol. The smallest absolute Gasteiger partial charge is 0.340 e. The van der Waals surface area contributed by atoms with E-state index in [4.69, 9.17) is 49.0 Å². The first-order chi connectivity index (χ1) is 21.2. The highest BCUT2D eigenvalue weighted by molar-refractivity contribution is 7.52. The molecule has 0 amide bonds. The molecule has 0 bridgehead atoms. The van der Waals surface area contributed by atoms with Gasteiger partial charge in [0.2, 0.25) is 0 Å². The summed E-state index contributed by atoms with van der Waals surface area (Å²) in [5, 5.41) is 15.4. The van der Waals surface area contributed by atoms with Gasteiger partial charge in [-0.3, -0.25) is 28.1 Å². The fourth-order valence-electron chi connectivity index (χ4n) is 4.10. The summed E-state index contributed by atoms with van der Waals surface area (Å²) >= 11 is 0. The van der Waals surface area contributed by atoms with E-state index >= 15 is 0 Å². The Balaban J connectivity index is 0.000000835. The number of hydrogen-bond acceptors (Lipinski definition) is 12. The van der Waals surface area contributed by atoms with Gasteiger partial charge in [0, 0.05) is 79.2 Å². The van der Waals surface area contributed by atoms with E-state index in [1.54, 1.807) is 31.9 Å². The van der Waals surface area contributed by atoms with Gasteiger partial charge < -0.3 is 49.0 Å². The molecule has 9 N–H and O–H groups in total. The lowest BCUT2D eigenvalue weighted by Crippen LogP contribution is -2.39. The number of methoxy groups -OCH3 is 1. The van der Waals surface area contributed by atoms with Crippen LogP contribution < -0.4 is 0 Å². The molecule has 2 fully saturated rings. The summed E-state index contributed by atoms with van der Waals surface area (Å²) in [6, 6.07) is 0. The molecule has 2 aliphatic rings. The third-order valence-corrected chi connectivity index (χ3v) is 9.09. The third kappa shape index (κ3) is 27.9. The van der Waals surface area contributed by atoms with Gasteiger partial charge in [0.25, 0.3) is 0 Å². The molecule has 2 heterocycles. The van der Waals surface area contributed by atoms with Crippen LogP contribution in [0.2, 0.25) is 0 Å². The van der Waals surface area contributed by atoms with Crippen LogP contribution in [0.15, 0.2) is 13.2 Å². The highest BCUT2D eigenvalue weighted by Crippen LogP contribution is 2.38. The Morgan fingerprint density at radius 3 is 1.20 bits per heavy atom. The molecule has 46 heavy (non-hydrogen) atoms. The van der Waals surface area contributed by atoms with Crippen molar-refractivity contribution >= 4 is 30.4 Å². The van der Waals surface area contributed by atoms with Crippen molar-refractivity contribution < 1.29 is 67.3 Å². The van der Waals surface area contributed by atoms with Crippen LogP contribution in [0.25, 0.3) is 0 Å². The molecule has 2 saturated heterocycles. The second-order valence-electron chi connectivity index (χ2n) is 10.6. The van der Waals surface area contributed by atoms with Gasteiger partial charge in [-0.15, -0.1) is 13.2 Å². The van der Waals surface area contributed by atoms with E-state index in [-0.39, 0.29) is 32.3 Å². The maximum absolute atomic E-state index is 11.2. The molecule has 20 nitrogen and oxygen atoms in total. The standard InChI is InChI=1S/2C10H25N3O7P2.C2H4/c1-20-8-2-3-11(9-21(14,15)16)4-5-13(12-6-7-12)10-22(17,18)19;14-8-2-1-3-11(9-21(15,16)17)4-5-13(12-6-7-12)10-22(18,19)20;1-2/h2-10H2,1H3,(H2,14,15,16)(H2,17,18,19);14H,1-10H2,(H2,15,16,17)(H2,18,19,20);1-2H2. The van der Waals surface area contributed by atoms with E-state index in [9.17, 15) is 18.3 Å². The number of aliphatic hydroxyl groups excluding tert-OH is 1. The van der Waals surface area contributed by atoms with E-state index in [1.165, 1.54) is 5.01 Å². The summed E-state index contributed by atoms with van der Waals surface area (Å²) in [7, 11) is -15.2. The van der Waals surface area contributed by atoms with Gasteiger partial charge >= 0.3 is 30.4 Å². The Morgan fingerprint density at radius 1 is 0.565 bits per heavy atom. The quantitative estimate of drug-likeness (QED) is 0.0242. The molecule has 2 aliphatic heterocycles. The van der Waals surface area contributed by atoms with Crippen LogP contribution >= 0.6 is 30.4 Å². The molecule has 0 saturated carbocycles. The van der Waals surface area contributed by atoms with Crippen molar-refractivity contribution in [3.05, 3.63) is 13.2 Å². The molecule has 24 heteroatoms. The zero-order chi connectivity index (χ0) is 35.6. The largest absolute Gasteiger partial charge is 0.396 e. The van der Waals surface area contributed by atoms with E-state index in [2.05, 4.69) is 13.2 Å². The van der Waals surface area contributed by atoms with Crippen molar-refractivity contribution in [2.45, 2.75) is 19.3 Å². The lowest BCUT2D eigenvalue weighted by molar-refractivity contribution is 0.0860. The van der Waals surface area contributed by atoms with Gasteiger partial charge in [-0.2, -0.15) is 0 Å². The Morgan fingerprint density at radius 2 is 0.913 bits per heavy atom. The predicted molar refractivity (Wildman–Crippen MR) is 171 cm³/mol. The van der Waals surface area contributed by atoms with E-state index in [0.717, 1.165) is 26.2 Å². The van der Waals surface area contributed by atoms with Gasteiger partial charge in [0.15, 0.2) is 0 Å². The first-order valence-electron chi connectivity index (χ1n) is 14.4. The van der Waals surface area contributed by atoms with Crippen molar-refractivity contribution in [2.24, 2.45) is 0 Å². The first-order valence-corrected chi connectivity index (χ1v) is 21.6. The van der Waals surface area contributed by atoms with Crippen LogP contribution in [-0.2, 0) is 23.0 Å². The maximum Gasteiger partial charge on any atom is 0.340 e. The van der Waals surface area contributed by atoms with E-state index < -0.39 is 43.0 Å². The normalized spacial score (nSPS) is 16.0. The molecular formula is C22H54N6O14P4. The Labute approximate surface area is 270 Å². The molecule has 0 spiro atoms. The zero-order valence-electron chi connectivity index (χ0n) is 26.4. The second kappa shape index (κ2) is 22.7. The topological polar surface area (TPSA) is 279 Å². The summed E-state index contributed by atoms with van der Waals surface area (Å²) in [6.45, 7) is 11.5. The lowest BCUT2D eigenvalue weighted by atomic mass is 10.3. The first kappa shape index (κ1) is 46.0. The maximum atomic E-state index is 11.2. The van der Waals surface area contributed by atoms with Crippen LogP contribution in [0.3, 0.4) is 0 Å². The predicted octanol–water partition coefficient (Wildman–Crippen LogP) is -1.21. The molecule has 0 aromatic rings. The summed E-state index contributed by atoms with van der Waals surface area (Å²) in [5.74, 6) is 0. The average molecular weight is 751 g/mol. The fraction of sp³-hybridized carbons (Fsp3) is 0.909. The van der Waals surface area contributed by atoms with Crippen LogP contribution in [0, 0.1) is 0 Å². The van der Waals surface area contributed by atoms with Gasteiger partial charge in [-0.05, 0) is 25.8 Å². The summed E-state index contributed by atoms with van der Waals surface area (Å²) < 4.78 is 49.5. The van der Waals surface area contributed by atoms with Gasteiger partial charge in [0.1, 0.15) is 25.1 Å². The van der Waals surface area contributed by atoms with E-state index in [0.29, 0.717) is 52.0 Å². The van der Waals surface area contributed by atoms with Gasteiger partial charge in [-0.1, -0.05) is 0 Å². The van der Waals surface area contributed by atoms with Crippen molar-refractivity contribution in [2.75, 3.05) is 111 Å². The summed E-state index contributed by atoms with van der Waals surface area (Å²) in [4.78, 5) is 75.8.